The maximum absolute atomic E-state index is 4.91. The van der Waals surface area contributed by atoms with Crippen LogP contribution in [0.4, 0.5) is 0 Å². The van der Waals surface area contributed by atoms with Gasteiger partial charge in [-0.2, -0.15) is 0 Å². The van der Waals surface area contributed by atoms with E-state index < -0.39 is 0 Å². The lowest BCUT2D eigenvalue weighted by Gasteiger charge is -2.31. The summed E-state index contributed by atoms with van der Waals surface area (Å²) in [6, 6.07) is 12.7. The van der Waals surface area contributed by atoms with E-state index in [-0.39, 0.29) is 0 Å². The number of aromatic nitrogens is 2. The molecule has 0 unspecified atom stereocenters. The van der Waals surface area contributed by atoms with Gasteiger partial charge in [0.25, 0.3) is 0 Å². The zero-order valence-electron chi connectivity index (χ0n) is 17.2. The predicted octanol–water partition coefficient (Wildman–Crippen LogP) is 4.56. The van der Waals surface area contributed by atoms with Crippen LogP contribution < -0.4 is 0 Å². The lowest BCUT2D eigenvalue weighted by molar-refractivity contribution is 0.226. The van der Waals surface area contributed by atoms with Crippen molar-refractivity contribution in [2.24, 2.45) is 0 Å². The Hall–Kier alpha value is -1.69. The van der Waals surface area contributed by atoms with E-state index in [1.807, 2.05) is 18.0 Å². The number of hydrogen-bond acceptors (Lipinski definition) is 5. The second kappa shape index (κ2) is 10.9. The van der Waals surface area contributed by atoms with Gasteiger partial charge >= 0.3 is 0 Å². The summed E-state index contributed by atoms with van der Waals surface area (Å²) in [6.07, 6.45) is 11.7. The summed E-state index contributed by atoms with van der Waals surface area (Å²) in [5.41, 5.74) is 2.49. The van der Waals surface area contributed by atoms with Gasteiger partial charge in [0.05, 0.1) is 0 Å². The van der Waals surface area contributed by atoms with Crippen LogP contribution in [0.1, 0.15) is 42.9 Å². The maximum atomic E-state index is 4.91. The first-order chi connectivity index (χ1) is 14.4. The minimum atomic E-state index is 0.523. The largest absolute Gasteiger partial charge is 0.303 e. The summed E-state index contributed by atoms with van der Waals surface area (Å²) in [4.78, 5) is 14.5. The Kier molecular flexibility index (Phi) is 7.74. The first-order valence-corrected chi connectivity index (χ1v) is 12.0. The van der Waals surface area contributed by atoms with Gasteiger partial charge in [0.2, 0.25) is 0 Å². The molecule has 5 heteroatoms. The van der Waals surface area contributed by atoms with Gasteiger partial charge in [-0.25, -0.2) is 9.97 Å². The molecule has 0 N–H and O–H groups in total. The molecule has 154 valence electrons. The Bertz CT molecular complexity index is 773. The van der Waals surface area contributed by atoms with Gasteiger partial charge in [-0.1, -0.05) is 54.2 Å². The molecule has 4 rings (SSSR count). The molecule has 1 aromatic carbocycles. The molecule has 0 spiro atoms. The van der Waals surface area contributed by atoms with Crippen LogP contribution >= 0.6 is 11.8 Å². The molecule has 3 heterocycles. The van der Waals surface area contributed by atoms with Gasteiger partial charge in [0.1, 0.15) is 0 Å². The van der Waals surface area contributed by atoms with E-state index in [1.165, 1.54) is 56.6 Å². The SMILES string of the molecule is C(=C\c1ccccc1)/CN1CCC[C@@H](c2ccnc(SCCN3CCCC3)n2)C1. The third-order valence-corrected chi connectivity index (χ3v) is 6.73. The standard InChI is InChI=1S/C24H32N4S/c1-2-8-21(9-3-1)10-6-16-28-17-7-11-22(20-28)23-12-13-25-24(26-23)29-19-18-27-14-4-5-15-27/h1-3,6,8-10,12-13,22H,4-5,7,11,14-20H2/b10-6+/t22-/m1/s1. The number of benzene rings is 1. The van der Waals surface area contributed by atoms with Crippen LogP contribution in [-0.2, 0) is 0 Å². The summed E-state index contributed by atoms with van der Waals surface area (Å²) in [5.74, 6) is 1.61. The van der Waals surface area contributed by atoms with Crippen molar-refractivity contribution in [3.8, 4) is 0 Å². The molecular weight excluding hydrogens is 376 g/mol. The molecule has 29 heavy (non-hydrogen) atoms. The summed E-state index contributed by atoms with van der Waals surface area (Å²) in [7, 11) is 0. The number of thioether (sulfide) groups is 1. The fraction of sp³-hybridized carbons (Fsp3) is 0.500. The summed E-state index contributed by atoms with van der Waals surface area (Å²) < 4.78 is 0. The highest BCUT2D eigenvalue weighted by Gasteiger charge is 2.22. The van der Waals surface area contributed by atoms with Crippen molar-refractivity contribution in [1.82, 2.24) is 19.8 Å². The molecule has 0 aliphatic carbocycles. The van der Waals surface area contributed by atoms with Crippen LogP contribution in [0.15, 0.2) is 53.8 Å². The molecule has 0 radical (unpaired) electrons. The molecular formula is C24H32N4S. The minimum Gasteiger partial charge on any atom is -0.303 e. The number of likely N-dealkylation sites (tertiary alicyclic amines) is 2. The second-order valence-electron chi connectivity index (χ2n) is 8.07. The quantitative estimate of drug-likeness (QED) is 0.472. The molecule has 0 bridgehead atoms. The number of rotatable bonds is 8. The lowest BCUT2D eigenvalue weighted by Crippen LogP contribution is -2.34. The summed E-state index contributed by atoms with van der Waals surface area (Å²) in [6.45, 7) is 6.96. The van der Waals surface area contributed by atoms with Crippen molar-refractivity contribution >= 4 is 17.8 Å². The van der Waals surface area contributed by atoms with Crippen LogP contribution in [0, 0.1) is 0 Å². The van der Waals surface area contributed by atoms with Crippen LogP contribution in [0.2, 0.25) is 0 Å². The Morgan fingerprint density at radius 2 is 1.83 bits per heavy atom. The lowest BCUT2D eigenvalue weighted by atomic mass is 9.94. The zero-order chi connectivity index (χ0) is 19.7. The van der Waals surface area contributed by atoms with E-state index in [2.05, 4.69) is 63.3 Å². The Balaban J connectivity index is 1.27. The fourth-order valence-corrected chi connectivity index (χ4v) is 5.13. The molecule has 0 amide bonds. The van der Waals surface area contributed by atoms with Crippen LogP contribution in [0.5, 0.6) is 0 Å². The smallest absolute Gasteiger partial charge is 0.187 e. The van der Waals surface area contributed by atoms with E-state index >= 15 is 0 Å². The number of hydrogen-bond donors (Lipinski definition) is 0. The van der Waals surface area contributed by atoms with Crippen LogP contribution in [-0.4, -0.2) is 64.8 Å². The van der Waals surface area contributed by atoms with Crippen molar-refractivity contribution in [3.63, 3.8) is 0 Å². The topological polar surface area (TPSA) is 32.3 Å². The molecule has 4 nitrogen and oxygen atoms in total. The fourth-order valence-electron chi connectivity index (χ4n) is 4.29. The second-order valence-corrected chi connectivity index (χ2v) is 9.14. The summed E-state index contributed by atoms with van der Waals surface area (Å²) in [5, 5.41) is 0.947. The van der Waals surface area contributed by atoms with Crippen molar-refractivity contribution in [2.45, 2.75) is 36.8 Å². The molecule has 1 aromatic heterocycles. The average Bonchev–Trinajstić information content (AvgIpc) is 3.29. The summed E-state index contributed by atoms with van der Waals surface area (Å²) >= 11 is 1.81. The predicted molar refractivity (Wildman–Crippen MR) is 122 cm³/mol. The molecule has 2 saturated heterocycles. The molecule has 2 aromatic rings. The average molecular weight is 409 g/mol. The van der Waals surface area contributed by atoms with E-state index in [1.54, 1.807) is 0 Å². The highest BCUT2D eigenvalue weighted by molar-refractivity contribution is 7.99. The van der Waals surface area contributed by atoms with Gasteiger partial charge in [-0.05, 0) is 56.9 Å². The molecule has 2 aliphatic heterocycles. The molecule has 2 fully saturated rings. The van der Waals surface area contributed by atoms with Gasteiger partial charge in [0.15, 0.2) is 5.16 Å². The number of nitrogens with zero attached hydrogens (tertiary/aromatic N) is 4. The Labute approximate surface area is 179 Å². The first-order valence-electron chi connectivity index (χ1n) is 11.0. The normalized spacial score (nSPS) is 21.2. The third kappa shape index (κ3) is 6.39. The monoisotopic (exact) mass is 408 g/mol. The van der Waals surface area contributed by atoms with E-state index in [9.17, 15) is 0 Å². The van der Waals surface area contributed by atoms with Crippen LogP contribution in [0.3, 0.4) is 0 Å². The van der Waals surface area contributed by atoms with Gasteiger partial charge < -0.3 is 4.90 Å². The van der Waals surface area contributed by atoms with Crippen molar-refractivity contribution < 1.29 is 0 Å². The van der Waals surface area contributed by atoms with E-state index in [0.29, 0.717) is 5.92 Å². The number of piperidine rings is 1. The minimum absolute atomic E-state index is 0.523. The Morgan fingerprint density at radius 3 is 2.69 bits per heavy atom. The third-order valence-electron chi connectivity index (χ3n) is 5.89. The van der Waals surface area contributed by atoms with E-state index in [0.717, 1.165) is 30.5 Å². The highest BCUT2D eigenvalue weighted by Crippen LogP contribution is 2.26. The first kappa shape index (κ1) is 20.6. The van der Waals surface area contributed by atoms with E-state index in [4.69, 9.17) is 4.98 Å². The van der Waals surface area contributed by atoms with Crippen molar-refractivity contribution in [2.75, 3.05) is 45.0 Å². The highest BCUT2D eigenvalue weighted by atomic mass is 32.2. The molecule has 0 saturated carbocycles. The molecule has 2 aliphatic rings. The Morgan fingerprint density at radius 1 is 1.00 bits per heavy atom. The van der Waals surface area contributed by atoms with Gasteiger partial charge in [-0.3, -0.25) is 4.90 Å². The zero-order valence-corrected chi connectivity index (χ0v) is 18.1. The van der Waals surface area contributed by atoms with Crippen molar-refractivity contribution in [3.05, 3.63) is 59.9 Å². The van der Waals surface area contributed by atoms with Gasteiger partial charge in [-0.15, -0.1) is 0 Å². The van der Waals surface area contributed by atoms with Gasteiger partial charge in [0, 0.05) is 43.2 Å². The molecule has 1 atom stereocenters. The maximum Gasteiger partial charge on any atom is 0.187 e. The van der Waals surface area contributed by atoms with Crippen LogP contribution in [0.25, 0.3) is 6.08 Å². The van der Waals surface area contributed by atoms with Crippen molar-refractivity contribution in [1.29, 1.82) is 0 Å².